The number of nitrogens with two attached hydrogens (primary N) is 1. The van der Waals surface area contributed by atoms with Crippen LogP contribution in [-0.2, 0) is 13.0 Å². The highest BCUT2D eigenvalue weighted by atomic mass is 79.9. The summed E-state index contributed by atoms with van der Waals surface area (Å²) in [5.41, 5.74) is 8.20. The zero-order chi connectivity index (χ0) is 13.2. The van der Waals surface area contributed by atoms with E-state index in [4.69, 9.17) is 5.73 Å². The van der Waals surface area contributed by atoms with Crippen LogP contribution < -0.4 is 5.73 Å². The highest BCUT2D eigenvalue weighted by Gasteiger charge is 2.06. The maximum absolute atomic E-state index is 5.61. The van der Waals surface area contributed by atoms with Gasteiger partial charge in [-0.2, -0.15) is 0 Å². The van der Waals surface area contributed by atoms with Crippen molar-refractivity contribution < 1.29 is 0 Å². The molecule has 2 heterocycles. The van der Waals surface area contributed by atoms with Gasteiger partial charge in [0.15, 0.2) is 0 Å². The minimum Gasteiger partial charge on any atom is -0.342 e. The number of aromatic nitrogens is 1. The summed E-state index contributed by atoms with van der Waals surface area (Å²) >= 11 is 5.37. The number of hydrogen-bond acceptors (Lipinski definition) is 2. The quantitative estimate of drug-likeness (QED) is 0.767. The summed E-state index contributed by atoms with van der Waals surface area (Å²) in [6.07, 6.45) is 3.10. The third-order valence-corrected chi connectivity index (χ3v) is 5.18. The molecule has 0 unspecified atom stereocenters. The van der Waals surface area contributed by atoms with Gasteiger partial charge in [0.1, 0.15) is 0 Å². The predicted octanol–water partition coefficient (Wildman–Crippen LogP) is 4.01. The molecule has 0 radical (unpaired) electrons. The van der Waals surface area contributed by atoms with Crippen molar-refractivity contribution in [3.05, 3.63) is 56.8 Å². The van der Waals surface area contributed by atoms with Crippen LogP contribution in [0.2, 0.25) is 0 Å². The number of thiophene rings is 1. The van der Waals surface area contributed by atoms with E-state index in [0.717, 1.165) is 13.0 Å². The van der Waals surface area contributed by atoms with Crippen LogP contribution in [-0.4, -0.2) is 11.1 Å². The lowest BCUT2D eigenvalue weighted by Gasteiger charge is -2.05. The molecule has 4 heteroatoms. The highest BCUT2D eigenvalue weighted by molar-refractivity contribution is 9.10. The van der Waals surface area contributed by atoms with Crippen LogP contribution in [0.1, 0.15) is 10.4 Å². The molecule has 98 valence electrons. The molecule has 0 amide bonds. The van der Waals surface area contributed by atoms with Crippen LogP contribution in [0.25, 0.3) is 10.9 Å². The van der Waals surface area contributed by atoms with Gasteiger partial charge in [-0.1, -0.05) is 6.07 Å². The molecule has 19 heavy (non-hydrogen) atoms. The monoisotopic (exact) mass is 334 g/mol. The van der Waals surface area contributed by atoms with E-state index in [1.54, 1.807) is 11.3 Å². The lowest BCUT2D eigenvalue weighted by atomic mass is 10.1. The van der Waals surface area contributed by atoms with Crippen molar-refractivity contribution in [2.24, 2.45) is 5.73 Å². The molecule has 0 aliphatic carbocycles. The maximum Gasteiger partial charge on any atom is 0.0580 e. The summed E-state index contributed by atoms with van der Waals surface area (Å²) in [7, 11) is 0. The van der Waals surface area contributed by atoms with Crippen molar-refractivity contribution in [2.45, 2.75) is 13.0 Å². The topological polar surface area (TPSA) is 30.9 Å². The number of nitrogens with zero attached hydrogens (tertiary/aromatic N) is 1. The molecule has 0 fully saturated rings. The number of hydrogen-bond donors (Lipinski definition) is 1. The number of halogens is 1. The van der Waals surface area contributed by atoms with Gasteiger partial charge in [0.25, 0.3) is 0 Å². The van der Waals surface area contributed by atoms with Crippen molar-refractivity contribution in [1.82, 2.24) is 4.57 Å². The van der Waals surface area contributed by atoms with E-state index in [2.05, 4.69) is 62.4 Å². The van der Waals surface area contributed by atoms with Crippen LogP contribution in [0, 0.1) is 0 Å². The van der Waals surface area contributed by atoms with E-state index >= 15 is 0 Å². The Morgan fingerprint density at radius 1 is 1.21 bits per heavy atom. The van der Waals surface area contributed by atoms with Crippen LogP contribution in [0.5, 0.6) is 0 Å². The average molecular weight is 335 g/mol. The summed E-state index contributed by atoms with van der Waals surface area (Å²) in [4.78, 5) is 1.35. The highest BCUT2D eigenvalue weighted by Crippen LogP contribution is 2.26. The zero-order valence-electron chi connectivity index (χ0n) is 10.5. The molecular formula is C15H15BrN2S. The van der Waals surface area contributed by atoms with Crippen molar-refractivity contribution in [3.8, 4) is 0 Å². The van der Waals surface area contributed by atoms with Gasteiger partial charge >= 0.3 is 0 Å². The van der Waals surface area contributed by atoms with Gasteiger partial charge in [0, 0.05) is 21.1 Å². The van der Waals surface area contributed by atoms with Crippen LogP contribution in [0.3, 0.4) is 0 Å². The molecule has 0 saturated heterocycles. The van der Waals surface area contributed by atoms with Crippen molar-refractivity contribution in [3.63, 3.8) is 0 Å². The second kappa shape index (κ2) is 5.49. The lowest BCUT2D eigenvalue weighted by molar-refractivity contribution is 0.848. The fourth-order valence-corrected chi connectivity index (χ4v) is 3.78. The summed E-state index contributed by atoms with van der Waals surface area (Å²) in [6.45, 7) is 1.62. The molecule has 0 aliphatic heterocycles. The first kappa shape index (κ1) is 12.9. The van der Waals surface area contributed by atoms with E-state index in [9.17, 15) is 0 Å². The molecule has 0 aliphatic rings. The van der Waals surface area contributed by atoms with Crippen molar-refractivity contribution >= 4 is 38.2 Å². The summed E-state index contributed by atoms with van der Waals surface area (Å²) in [6, 6.07) is 10.9. The molecular weight excluding hydrogens is 320 g/mol. The Morgan fingerprint density at radius 2 is 2.11 bits per heavy atom. The average Bonchev–Trinajstić information content (AvgIpc) is 2.98. The zero-order valence-corrected chi connectivity index (χ0v) is 12.9. The standard InChI is InChI=1S/C15H15BrN2S/c16-13-5-8-19-15(13)10-18-7-4-12-9-11(3-6-17)1-2-14(12)18/h1-2,4-5,7-9H,3,6,10,17H2. The van der Waals surface area contributed by atoms with Gasteiger partial charge in [-0.15, -0.1) is 11.3 Å². The Kier molecular flexibility index (Phi) is 3.73. The van der Waals surface area contributed by atoms with E-state index in [-0.39, 0.29) is 0 Å². The Balaban J connectivity index is 1.95. The molecule has 3 rings (SSSR count). The van der Waals surface area contributed by atoms with E-state index < -0.39 is 0 Å². The molecule has 2 aromatic heterocycles. The normalized spacial score (nSPS) is 11.3. The van der Waals surface area contributed by atoms with Gasteiger partial charge in [0.05, 0.1) is 6.54 Å². The molecule has 0 saturated carbocycles. The largest absolute Gasteiger partial charge is 0.342 e. The summed E-state index contributed by atoms with van der Waals surface area (Å²) < 4.78 is 3.48. The Labute approximate surface area is 125 Å². The molecule has 0 bridgehead atoms. The first-order valence-corrected chi connectivity index (χ1v) is 7.95. The van der Waals surface area contributed by atoms with E-state index in [1.807, 2.05) is 0 Å². The van der Waals surface area contributed by atoms with Gasteiger partial charge in [-0.25, -0.2) is 0 Å². The fraction of sp³-hybridized carbons (Fsp3) is 0.200. The molecule has 3 aromatic rings. The second-order valence-electron chi connectivity index (χ2n) is 4.57. The first-order chi connectivity index (χ1) is 9.28. The van der Waals surface area contributed by atoms with Crippen molar-refractivity contribution in [1.29, 1.82) is 0 Å². The Hall–Kier alpha value is -1.10. The van der Waals surface area contributed by atoms with Crippen molar-refractivity contribution in [2.75, 3.05) is 6.54 Å². The van der Waals surface area contributed by atoms with Crippen LogP contribution >= 0.6 is 27.3 Å². The SMILES string of the molecule is NCCc1ccc2c(ccn2Cc2sccc2Br)c1. The minimum absolute atomic E-state index is 0.703. The molecule has 0 atom stereocenters. The Morgan fingerprint density at radius 3 is 2.84 bits per heavy atom. The van der Waals surface area contributed by atoms with E-state index in [1.165, 1.54) is 25.8 Å². The van der Waals surface area contributed by atoms with E-state index in [0.29, 0.717) is 6.54 Å². The first-order valence-electron chi connectivity index (χ1n) is 6.27. The second-order valence-corrected chi connectivity index (χ2v) is 6.42. The van der Waals surface area contributed by atoms with Crippen LogP contribution in [0.15, 0.2) is 46.4 Å². The Bertz CT molecular complexity index is 699. The number of benzene rings is 1. The number of fused-ring (bicyclic) bond motifs is 1. The fourth-order valence-electron chi connectivity index (χ4n) is 2.30. The molecule has 2 N–H and O–H groups in total. The minimum atomic E-state index is 0.703. The van der Waals surface area contributed by atoms with Crippen LogP contribution in [0.4, 0.5) is 0 Å². The van der Waals surface area contributed by atoms with Gasteiger partial charge < -0.3 is 10.3 Å². The number of rotatable bonds is 4. The molecule has 0 spiro atoms. The third kappa shape index (κ3) is 2.61. The lowest BCUT2D eigenvalue weighted by Crippen LogP contribution is -2.02. The van der Waals surface area contributed by atoms with Gasteiger partial charge in [-0.3, -0.25) is 0 Å². The van der Waals surface area contributed by atoms with Gasteiger partial charge in [0.2, 0.25) is 0 Å². The maximum atomic E-state index is 5.61. The summed E-state index contributed by atoms with van der Waals surface area (Å²) in [5.74, 6) is 0. The third-order valence-electron chi connectivity index (χ3n) is 3.27. The van der Waals surface area contributed by atoms with Gasteiger partial charge in [-0.05, 0) is 69.5 Å². The predicted molar refractivity (Wildman–Crippen MR) is 85.8 cm³/mol. The smallest absolute Gasteiger partial charge is 0.0580 e. The molecule has 2 nitrogen and oxygen atoms in total. The molecule has 1 aromatic carbocycles. The summed E-state index contributed by atoms with van der Waals surface area (Å²) in [5, 5.41) is 3.41.